The van der Waals surface area contributed by atoms with Crippen LogP contribution < -0.4 is 18.9 Å². The van der Waals surface area contributed by atoms with Crippen molar-refractivity contribution in [3.8, 4) is 23.0 Å². The Hall–Kier alpha value is -2.95. The first-order valence-corrected chi connectivity index (χ1v) is 7.88. The van der Waals surface area contributed by atoms with Gasteiger partial charge in [0.25, 0.3) is 0 Å². The SMILES string of the molecule is CCOc1cc(/C=C/C(=O)c2ccc(OC)cc2OC)ccc1OC. The maximum Gasteiger partial charge on any atom is 0.189 e. The molecule has 0 aliphatic heterocycles. The molecule has 0 saturated carbocycles. The molecule has 5 nitrogen and oxygen atoms in total. The number of hydrogen-bond acceptors (Lipinski definition) is 5. The minimum Gasteiger partial charge on any atom is -0.497 e. The third-order valence-corrected chi connectivity index (χ3v) is 3.59. The highest BCUT2D eigenvalue weighted by molar-refractivity contribution is 6.08. The molecule has 0 heterocycles. The van der Waals surface area contributed by atoms with Crippen molar-refractivity contribution in [2.45, 2.75) is 6.92 Å². The van der Waals surface area contributed by atoms with Gasteiger partial charge in [0.1, 0.15) is 11.5 Å². The molecule has 5 heteroatoms. The quantitative estimate of drug-likeness (QED) is 0.536. The summed E-state index contributed by atoms with van der Waals surface area (Å²) >= 11 is 0. The predicted octanol–water partition coefficient (Wildman–Crippen LogP) is 4.01. The van der Waals surface area contributed by atoms with Crippen molar-refractivity contribution in [2.75, 3.05) is 27.9 Å². The molecular formula is C20H22O5. The second kappa shape index (κ2) is 8.78. The molecule has 0 spiro atoms. The van der Waals surface area contributed by atoms with Crippen LogP contribution in [0.5, 0.6) is 23.0 Å². The van der Waals surface area contributed by atoms with Crippen LogP contribution in [0.2, 0.25) is 0 Å². The van der Waals surface area contributed by atoms with Crippen molar-refractivity contribution in [3.63, 3.8) is 0 Å². The van der Waals surface area contributed by atoms with Gasteiger partial charge in [-0.25, -0.2) is 0 Å². The number of carbonyl (C=O) groups is 1. The molecule has 0 N–H and O–H groups in total. The number of ketones is 1. The Kier molecular flexibility index (Phi) is 6.46. The van der Waals surface area contributed by atoms with Crippen molar-refractivity contribution >= 4 is 11.9 Å². The normalized spacial score (nSPS) is 10.6. The summed E-state index contributed by atoms with van der Waals surface area (Å²) in [6, 6.07) is 10.6. The summed E-state index contributed by atoms with van der Waals surface area (Å²) in [6.07, 6.45) is 3.23. The fourth-order valence-corrected chi connectivity index (χ4v) is 2.33. The number of ether oxygens (including phenoxy) is 4. The van der Waals surface area contributed by atoms with E-state index in [-0.39, 0.29) is 5.78 Å². The van der Waals surface area contributed by atoms with Crippen LogP contribution >= 0.6 is 0 Å². The highest BCUT2D eigenvalue weighted by Gasteiger charge is 2.11. The maximum absolute atomic E-state index is 12.5. The highest BCUT2D eigenvalue weighted by atomic mass is 16.5. The topological polar surface area (TPSA) is 54.0 Å². The molecule has 2 aromatic carbocycles. The van der Waals surface area contributed by atoms with Crippen molar-refractivity contribution in [1.82, 2.24) is 0 Å². The highest BCUT2D eigenvalue weighted by Crippen LogP contribution is 2.29. The third kappa shape index (κ3) is 4.53. The number of rotatable bonds is 8. The lowest BCUT2D eigenvalue weighted by Crippen LogP contribution is -1.99. The second-order valence-corrected chi connectivity index (χ2v) is 5.11. The Bertz CT molecular complexity index is 765. The fraction of sp³-hybridized carbons (Fsp3) is 0.250. The first-order valence-electron chi connectivity index (χ1n) is 7.88. The lowest BCUT2D eigenvalue weighted by Gasteiger charge is -2.10. The van der Waals surface area contributed by atoms with Crippen LogP contribution in [0, 0.1) is 0 Å². The standard InChI is InChI=1S/C20H22O5/c1-5-25-20-12-14(7-11-18(20)23-3)6-10-17(21)16-9-8-15(22-2)13-19(16)24-4/h6-13H,5H2,1-4H3/b10-6+. The van der Waals surface area contributed by atoms with Crippen LogP contribution in [0.15, 0.2) is 42.5 Å². The van der Waals surface area contributed by atoms with E-state index in [1.54, 1.807) is 38.5 Å². The van der Waals surface area contributed by atoms with Crippen molar-refractivity contribution in [1.29, 1.82) is 0 Å². The van der Waals surface area contributed by atoms with Gasteiger partial charge in [-0.3, -0.25) is 4.79 Å². The van der Waals surface area contributed by atoms with Crippen LogP contribution in [0.1, 0.15) is 22.8 Å². The van der Waals surface area contributed by atoms with E-state index in [0.29, 0.717) is 35.2 Å². The van der Waals surface area contributed by atoms with Gasteiger partial charge >= 0.3 is 0 Å². The van der Waals surface area contributed by atoms with Gasteiger partial charge in [-0.2, -0.15) is 0 Å². The van der Waals surface area contributed by atoms with E-state index in [1.165, 1.54) is 13.2 Å². The molecular weight excluding hydrogens is 320 g/mol. The molecule has 25 heavy (non-hydrogen) atoms. The smallest absolute Gasteiger partial charge is 0.189 e. The van der Waals surface area contributed by atoms with E-state index in [1.807, 2.05) is 25.1 Å². The Balaban J connectivity index is 2.24. The zero-order valence-electron chi connectivity index (χ0n) is 14.9. The maximum atomic E-state index is 12.5. The molecule has 0 saturated heterocycles. The van der Waals surface area contributed by atoms with Gasteiger partial charge in [0, 0.05) is 6.07 Å². The molecule has 0 atom stereocenters. The summed E-state index contributed by atoms with van der Waals surface area (Å²) in [4.78, 5) is 12.5. The molecule has 0 fully saturated rings. The molecule has 2 aromatic rings. The van der Waals surface area contributed by atoms with E-state index in [9.17, 15) is 4.79 Å². The summed E-state index contributed by atoms with van der Waals surface area (Å²) in [6.45, 7) is 2.44. The van der Waals surface area contributed by atoms with Gasteiger partial charge in [-0.05, 0) is 42.8 Å². The summed E-state index contributed by atoms with van der Waals surface area (Å²) in [5, 5.41) is 0. The minimum absolute atomic E-state index is 0.159. The Morgan fingerprint density at radius 2 is 1.68 bits per heavy atom. The van der Waals surface area contributed by atoms with Crippen LogP contribution in [0.4, 0.5) is 0 Å². The number of allylic oxidation sites excluding steroid dienone is 1. The first kappa shape index (κ1) is 18.4. The van der Waals surface area contributed by atoms with Gasteiger partial charge < -0.3 is 18.9 Å². The van der Waals surface area contributed by atoms with Gasteiger partial charge in [0.05, 0.1) is 33.5 Å². The fourth-order valence-electron chi connectivity index (χ4n) is 2.33. The van der Waals surface area contributed by atoms with Crippen molar-refractivity contribution in [2.24, 2.45) is 0 Å². The number of benzene rings is 2. The van der Waals surface area contributed by atoms with Crippen molar-refractivity contribution in [3.05, 3.63) is 53.6 Å². The van der Waals surface area contributed by atoms with Gasteiger partial charge in [0.2, 0.25) is 0 Å². The van der Waals surface area contributed by atoms with E-state index >= 15 is 0 Å². The van der Waals surface area contributed by atoms with E-state index in [2.05, 4.69) is 0 Å². The largest absolute Gasteiger partial charge is 0.497 e. The van der Waals surface area contributed by atoms with Gasteiger partial charge in [0.15, 0.2) is 17.3 Å². The molecule has 0 aliphatic rings. The minimum atomic E-state index is -0.159. The monoisotopic (exact) mass is 342 g/mol. The zero-order chi connectivity index (χ0) is 18.2. The second-order valence-electron chi connectivity index (χ2n) is 5.11. The third-order valence-electron chi connectivity index (χ3n) is 3.59. The average Bonchev–Trinajstić information content (AvgIpc) is 2.65. The van der Waals surface area contributed by atoms with E-state index < -0.39 is 0 Å². The molecule has 0 aliphatic carbocycles. The van der Waals surface area contributed by atoms with Crippen LogP contribution in [0.3, 0.4) is 0 Å². The lowest BCUT2D eigenvalue weighted by atomic mass is 10.1. The summed E-state index contributed by atoms with van der Waals surface area (Å²) in [5.74, 6) is 2.24. The zero-order valence-corrected chi connectivity index (χ0v) is 14.9. The molecule has 0 amide bonds. The Morgan fingerprint density at radius 1 is 0.920 bits per heavy atom. The van der Waals surface area contributed by atoms with Gasteiger partial charge in [-0.15, -0.1) is 0 Å². The Morgan fingerprint density at radius 3 is 2.32 bits per heavy atom. The number of methoxy groups -OCH3 is 3. The number of carbonyl (C=O) groups excluding carboxylic acids is 1. The van der Waals surface area contributed by atoms with Crippen LogP contribution in [-0.2, 0) is 0 Å². The molecule has 0 bridgehead atoms. The lowest BCUT2D eigenvalue weighted by molar-refractivity contribution is 0.104. The van der Waals surface area contributed by atoms with Crippen LogP contribution in [-0.4, -0.2) is 33.7 Å². The molecule has 0 radical (unpaired) electrons. The van der Waals surface area contributed by atoms with E-state index in [4.69, 9.17) is 18.9 Å². The Labute approximate surface area is 147 Å². The summed E-state index contributed by atoms with van der Waals surface area (Å²) in [5.41, 5.74) is 1.31. The molecule has 2 rings (SSSR count). The predicted molar refractivity (Wildman–Crippen MR) is 97.1 cm³/mol. The van der Waals surface area contributed by atoms with Gasteiger partial charge in [-0.1, -0.05) is 12.1 Å². The summed E-state index contributed by atoms with van der Waals surface area (Å²) in [7, 11) is 4.68. The van der Waals surface area contributed by atoms with E-state index in [0.717, 1.165) is 5.56 Å². The van der Waals surface area contributed by atoms with Crippen molar-refractivity contribution < 1.29 is 23.7 Å². The molecule has 132 valence electrons. The molecule has 0 aromatic heterocycles. The first-order chi connectivity index (χ1) is 12.1. The molecule has 0 unspecified atom stereocenters. The average molecular weight is 342 g/mol. The van der Waals surface area contributed by atoms with Crippen LogP contribution in [0.25, 0.3) is 6.08 Å². The summed E-state index contributed by atoms with van der Waals surface area (Å²) < 4.78 is 21.2. The number of hydrogen-bond donors (Lipinski definition) is 0.